The van der Waals surface area contributed by atoms with E-state index in [0.29, 0.717) is 12.1 Å². The van der Waals surface area contributed by atoms with Crippen molar-refractivity contribution in [1.82, 2.24) is 0 Å². The number of alkyl halides is 3. The van der Waals surface area contributed by atoms with Crippen LogP contribution in [0.3, 0.4) is 0 Å². The molecule has 25 heavy (non-hydrogen) atoms. The molecule has 1 unspecified atom stereocenters. The van der Waals surface area contributed by atoms with E-state index >= 15 is 0 Å². The lowest BCUT2D eigenvalue weighted by Gasteiger charge is -2.33. The fraction of sp³-hybridized carbons (Fsp3) is 0.250. The van der Waals surface area contributed by atoms with Gasteiger partial charge in [-0.25, -0.2) is 8.42 Å². The van der Waals surface area contributed by atoms with Gasteiger partial charge in [0, 0.05) is 18.7 Å². The first-order valence-electron chi connectivity index (χ1n) is 7.39. The van der Waals surface area contributed by atoms with Gasteiger partial charge < -0.3 is 10.5 Å². The second-order valence-corrected chi connectivity index (χ2v) is 7.51. The standard InChI is InChI=1S/C16H15F3N2O3S/c17-16(18,19)24-13-5-3-6-14(9-13)25(22,23)21-10-12(20)8-11-4-1-2-7-15(11)21/h1-7,9,12H,8,10,20H2. The minimum Gasteiger partial charge on any atom is -0.406 e. The van der Waals surface area contributed by atoms with Gasteiger partial charge in [0.2, 0.25) is 0 Å². The van der Waals surface area contributed by atoms with Gasteiger partial charge in [-0.2, -0.15) is 0 Å². The van der Waals surface area contributed by atoms with Crippen LogP contribution in [0.25, 0.3) is 0 Å². The molecule has 0 saturated carbocycles. The number of rotatable bonds is 3. The van der Waals surface area contributed by atoms with E-state index in [1.807, 2.05) is 0 Å². The molecule has 2 N–H and O–H groups in total. The summed E-state index contributed by atoms with van der Waals surface area (Å²) in [5.74, 6) is -0.594. The topological polar surface area (TPSA) is 72.6 Å². The third-order valence-corrected chi connectivity index (χ3v) is 5.55. The number of anilines is 1. The maximum atomic E-state index is 12.9. The molecule has 1 heterocycles. The third kappa shape index (κ3) is 3.72. The fourth-order valence-corrected chi connectivity index (χ4v) is 4.37. The molecule has 9 heteroatoms. The highest BCUT2D eigenvalue weighted by atomic mass is 32.2. The minimum absolute atomic E-state index is 0.0453. The molecule has 0 saturated heterocycles. The average Bonchev–Trinajstić information content (AvgIpc) is 2.52. The number of hydrogen-bond acceptors (Lipinski definition) is 4. The van der Waals surface area contributed by atoms with Crippen LogP contribution in [0.5, 0.6) is 5.75 Å². The number of hydrogen-bond donors (Lipinski definition) is 1. The number of fused-ring (bicyclic) bond motifs is 1. The van der Waals surface area contributed by atoms with Gasteiger partial charge in [0.05, 0.1) is 10.6 Å². The van der Waals surface area contributed by atoms with Gasteiger partial charge in [-0.05, 0) is 30.2 Å². The molecule has 0 bridgehead atoms. The number of nitrogens with zero attached hydrogens (tertiary/aromatic N) is 1. The Bertz CT molecular complexity index is 884. The van der Waals surface area contributed by atoms with Gasteiger partial charge >= 0.3 is 6.36 Å². The summed E-state index contributed by atoms with van der Waals surface area (Å²) >= 11 is 0. The van der Waals surface area contributed by atoms with Crippen LogP contribution < -0.4 is 14.8 Å². The molecule has 0 amide bonds. The number of sulfonamides is 1. The fourth-order valence-electron chi connectivity index (χ4n) is 2.77. The van der Waals surface area contributed by atoms with Crippen LogP contribution in [0, 0.1) is 0 Å². The first-order valence-corrected chi connectivity index (χ1v) is 8.83. The van der Waals surface area contributed by atoms with Gasteiger partial charge in [-0.1, -0.05) is 24.3 Å². The van der Waals surface area contributed by atoms with E-state index < -0.39 is 28.2 Å². The molecule has 0 fully saturated rings. The first-order chi connectivity index (χ1) is 11.7. The van der Waals surface area contributed by atoms with E-state index in [1.54, 1.807) is 24.3 Å². The largest absolute Gasteiger partial charge is 0.573 e. The van der Waals surface area contributed by atoms with E-state index in [2.05, 4.69) is 4.74 Å². The highest BCUT2D eigenvalue weighted by Gasteiger charge is 2.34. The number of halogens is 3. The molecule has 0 aromatic heterocycles. The third-order valence-electron chi connectivity index (χ3n) is 3.77. The van der Waals surface area contributed by atoms with Crippen molar-refractivity contribution in [3.63, 3.8) is 0 Å². The van der Waals surface area contributed by atoms with Crippen molar-refractivity contribution in [2.75, 3.05) is 10.8 Å². The zero-order valence-electron chi connectivity index (χ0n) is 12.9. The van der Waals surface area contributed by atoms with Crippen LogP contribution in [-0.2, 0) is 16.4 Å². The van der Waals surface area contributed by atoms with Crippen LogP contribution in [0.1, 0.15) is 5.56 Å². The van der Waals surface area contributed by atoms with Gasteiger partial charge in [0.25, 0.3) is 10.0 Å². The lowest BCUT2D eigenvalue weighted by atomic mass is 10.0. The summed E-state index contributed by atoms with van der Waals surface area (Å²) in [4.78, 5) is -0.293. The second kappa shape index (κ2) is 6.23. The maximum absolute atomic E-state index is 12.9. The van der Waals surface area contributed by atoms with Crippen LogP contribution in [0.2, 0.25) is 0 Å². The summed E-state index contributed by atoms with van der Waals surface area (Å²) < 4.78 is 68.0. The summed E-state index contributed by atoms with van der Waals surface area (Å²) in [6.07, 6.45) is -4.37. The van der Waals surface area contributed by atoms with E-state index in [-0.39, 0.29) is 11.4 Å². The molecule has 1 atom stereocenters. The monoisotopic (exact) mass is 372 g/mol. The number of ether oxygens (including phenoxy) is 1. The predicted molar refractivity (Wildman–Crippen MR) is 85.8 cm³/mol. The molecule has 5 nitrogen and oxygen atoms in total. The Morgan fingerprint density at radius 3 is 2.56 bits per heavy atom. The molecule has 2 aromatic rings. The Hall–Kier alpha value is -2.26. The molecule has 3 rings (SSSR count). The van der Waals surface area contributed by atoms with Crippen molar-refractivity contribution < 1.29 is 26.3 Å². The van der Waals surface area contributed by atoms with Crippen molar-refractivity contribution in [1.29, 1.82) is 0 Å². The molecule has 0 spiro atoms. The van der Waals surface area contributed by atoms with Crippen molar-refractivity contribution >= 4 is 15.7 Å². The number of benzene rings is 2. The highest BCUT2D eigenvalue weighted by Crippen LogP contribution is 2.33. The van der Waals surface area contributed by atoms with Gasteiger partial charge in [0.1, 0.15) is 5.75 Å². The quantitative estimate of drug-likeness (QED) is 0.899. The highest BCUT2D eigenvalue weighted by molar-refractivity contribution is 7.92. The summed E-state index contributed by atoms with van der Waals surface area (Å²) in [5.41, 5.74) is 7.20. The van der Waals surface area contributed by atoms with Crippen LogP contribution in [0.4, 0.5) is 18.9 Å². The Morgan fingerprint density at radius 1 is 1.12 bits per heavy atom. The molecule has 0 aliphatic carbocycles. The molecule has 0 radical (unpaired) electrons. The molecule has 1 aliphatic heterocycles. The normalized spacial score (nSPS) is 17.9. The van der Waals surface area contributed by atoms with E-state index in [4.69, 9.17) is 5.73 Å². The summed E-state index contributed by atoms with van der Waals surface area (Å²) in [7, 11) is -4.08. The smallest absolute Gasteiger partial charge is 0.406 e. The van der Waals surface area contributed by atoms with Crippen molar-refractivity contribution in [3.05, 3.63) is 54.1 Å². The van der Waals surface area contributed by atoms with Crippen LogP contribution in [-0.4, -0.2) is 27.4 Å². The number of nitrogens with two attached hydrogens (primary N) is 1. The molecule has 134 valence electrons. The summed E-state index contributed by atoms with van der Waals surface area (Å²) in [5, 5.41) is 0. The Balaban J connectivity index is 2.01. The van der Waals surface area contributed by atoms with Crippen molar-refractivity contribution in [2.24, 2.45) is 5.73 Å². The molecule has 2 aromatic carbocycles. The van der Waals surface area contributed by atoms with Crippen LogP contribution >= 0.6 is 0 Å². The molecule has 1 aliphatic rings. The number of para-hydroxylation sites is 1. The maximum Gasteiger partial charge on any atom is 0.573 e. The van der Waals surface area contributed by atoms with Gasteiger partial charge in [-0.15, -0.1) is 13.2 Å². The molecular weight excluding hydrogens is 357 g/mol. The Kier molecular flexibility index (Phi) is 4.38. The lowest BCUT2D eigenvalue weighted by molar-refractivity contribution is -0.274. The van der Waals surface area contributed by atoms with Crippen molar-refractivity contribution in [2.45, 2.75) is 23.7 Å². The van der Waals surface area contributed by atoms with Crippen molar-refractivity contribution in [3.8, 4) is 5.75 Å². The first kappa shape index (κ1) is 17.6. The summed E-state index contributed by atoms with van der Waals surface area (Å²) in [6, 6.07) is 10.8. The van der Waals surface area contributed by atoms with E-state index in [0.717, 1.165) is 22.0 Å². The average molecular weight is 372 g/mol. The summed E-state index contributed by atoms with van der Waals surface area (Å²) in [6.45, 7) is 0.0453. The van der Waals surface area contributed by atoms with Gasteiger partial charge in [0.15, 0.2) is 0 Å². The van der Waals surface area contributed by atoms with E-state index in [1.165, 1.54) is 12.1 Å². The van der Waals surface area contributed by atoms with Crippen LogP contribution in [0.15, 0.2) is 53.4 Å². The zero-order chi connectivity index (χ0) is 18.2. The molecular formula is C16H15F3N2O3S. The second-order valence-electron chi connectivity index (χ2n) is 5.65. The lowest BCUT2D eigenvalue weighted by Crippen LogP contribution is -2.46. The minimum atomic E-state index is -4.90. The predicted octanol–water partition coefficient (Wildman–Crippen LogP) is 2.66. The Labute approximate surface area is 142 Å². The Morgan fingerprint density at radius 2 is 1.84 bits per heavy atom. The van der Waals surface area contributed by atoms with E-state index in [9.17, 15) is 21.6 Å². The SMILES string of the molecule is NC1Cc2ccccc2N(S(=O)(=O)c2cccc(OC(F)(F)F)c2)C1. The zero-order valence-corrected chi connectivity index (χ0v) is 13.7. The van der Waals surface area contributed by atoms with Gasteiger partial charge in [-0.3, -0.25) is 4.31 Å².